The predicted octanol–water partition coefficient (Wildman–Crippen LogP) is 4.10. The summed E-state index contributed by atoms with van der Waals surface area (Å²) in [5.74, 6) is 0.941. The van der Waals surface area contributed by atoms with Gasteiger partial charge in [-0.1, -0.05) is 29.8 Å². The fourth-order valence-corrected chi connectivity index (χ4v) is 4.00. The zero-order chi connectivity index (χ0) is 18.6. The minimum absolute atomic E-state index is 0.0953. The Morgan fingerprint density at radius 2 is 1.89 bits per heavy atom. The van der Waals surface area contributed by atoms with Crippen LogP contribution < -0.4 is 10.1 Å². The monoisotopic (exact) mass is 364 g/mol. The quantitative estimate of drug-likeness (QED) is 0.785. The molecule has 0 bridgehead atoms. The third kappa shape index (κ3) is 4.51. The second kappa shape index (κ2) is 8.13. The Labute approximate surface area is 161 Å². The number of nitrogens with zero attached hydrogens (tertiary/aromatic N) is 1. The Hall–Kier alpha value is -2.33. The number of fused-ring (bicyclic) bond motifs is 2. The van der Waals surface area contributed by atoms with Crippen molar-refractivity contribution in [1.82, 2.24) is 4.90 Å². The van der Waals surface area contributed by atoms with Crippen LogP contribution in [0.1, 0.15) is 41.5 Å². The minimum atomic E-state index is 0.0953. The van der Waals surface area contributed by atoms with E-state index in [9.17, 15) is 4.79 Å². The highest BCUT2D eigenvalue weighted by Gasteiger charge is 2.16. The Kier molecular flexibility index (Phi) is 5.44. The number of benzene rings is 2. The molecular weight excluding hydrogens is 336 g/mol. The highest BCUT2D eigenvalue weighted by atomic mass is 16.5. The van der Waals surface area contributed by atoms with E-state index in [1.54, 1.807) is 0 Å². The van der Waals surface area contributed by atoms with Crippen molar-refractivity contribution < 1.29 is 9.53 Å². The van der Waals surface area contributed by atoms with Crippen molar-refractivity contribution >= 4 is 11.6 Å². The van der Waals surface area contributed by atoms with Gasteiger partial charge in [0.15, 0.2) is 0 Å². The van der Waals surface area contributed by atoms with Crippen molar-refractivity contribution in [2.75, 3.05) is 25.0 Å². The maximum Gasteiger partial charge on any atom is 0.224 e. The van der Waals surface area contributed by atoms with Gasteiger partial charge in [0.25, 0.3) is 0 Å². The van der Waals surface area contributed by atoms with E-state index in [0.717, 1.165) is 63.4 Å². The van der Waals surface area contributed by atoms with Gasteiger partial charge in [-0.05, 0) is 61.9 Å². The molecule has 1 amide bonds. The lowest BCUT2D eigenvalue weighted by molar-refractivity contribution is -0.116. The molecule has 2 aliphatic rings. The van der Waals surface area contributed by atoms with Crippen LogP contribution in [-0.4, -0.2) is 30.5 Å². The Balaban J connectivity index is 1.20. The van der Waals surface area contributed by atoms with Gasteiger partial charge < -0.3 is 10.1 Å². The van der Waals surface area contributed by atoms with E-state index in [1.165, 1.54) is 22.3 Å². The standard InChI is InChI=1S/C23H28N2O2/c1-17-4-5-18-10-12-25(16-20(18)14-17)11-2-3-13-27-21-8-6-19-7-9-23(26)24-22(19)15-21/h4-6,8,14-15H,2-3,7,9-13,16H2,1H3,(H,24,26). The van der Waals surface area contributed by atoms with Gasteiger partial charge in [-0.15, -0.1) is 0 Å². The fraction of sp³-hybridized carbons (Fsp3) is 0.435. The van der Waals surface area contributed by atoms with E-state index >= 15 is 0 Å². The summed E-state index contributed by atoms with van der Waals surface area (Å²) in [6.45, 7) is 6.24. The molecule has 0 spiro atoms. The van der Waals surface area contributed by atoms with Crippen LogP contribution >= 0.6 is 0 Å². The maximum atomic E-state index is 11.5. The smallest absolute Gasteiger partial charge is 0.224 e. The van der Waals surface area contributed by atoms with E-state index in [1.807, 2.05) is 12.1 Å². The number of carbonyl (C=O) groups is 1. The van der Waals surface area contributed by atoms with Crippen molar-refractivity contribution in [2.45, 2.75) is 45.6 Å². The van der Waals surface area contributed by atoms with Crippen molar-refractivity contribution in [3.05, 3.63) is 58.7 Å². The van der Waals surface area contributed by atoms with Crippen molar-refractivity contribution in [1.29, 1.82) is 0 Å². The molecule has 2 heterocycles. The second-order valence-electron chi connectivity index (χ2n) is 7.72. The Morgan fingerprint density at radius 1 is 1.00 bits per heavy atom. The predicted molar refractivity (Wildman–Crippen MR) is 108 cm³/mol. The molecule has 0 fully saturated rings. The van der Waals surface area contributed by atoms with Crippen molar-refractivity contribution in [3.8, 4) is 5.75 Å². The summed E-state index contributed by atoms with van der Waals surface area (Å²) in [6, 6.07) is 12.9. The van der Waals surface area contributed by atoms with Crippen molar-refractivity contribution in [3.63, 3.8) is 0 Å². The molecule has 4 nitrogen and oxygen atoms in total. The first kappa shape index (κ1) is 18.1. The number of hydrogen-bond acceptors (Lipinski definition) is 3. The topological polar surface area (TPSA) is 41.6 Å². The van der Waals surface area contributed by atoms with Gasteiger partial charge in [0.1, 0.15) is 5.75 Å². The van der Waals surface area contributed by atoms with Gasteiger partial charge in [0.2, 0.25) is 5.91 Å². The Bertz CT molecular complexity index is 831. The van der Waals surface area contributed by atoms with Crippen LogP contribution in [-0.2, 0) is 24.2 Å². The molecular formula is C23H28N2O2. The second-order valence-corrected chi connectivity index (χ2v) is 7.72. The summed E-state index contributed by atoms with van der Waals surface area (Å²) in [6.07, 6.45) is 4.74. The summed E-state index contributed by atoms with van der Waals surface area (Å²) in [5.41, 5.74) is 6.46. The molecule has 0 saturated carbocycles. The lowest BCUT2D eigenvalue weighted by Crippen LogP contribution is -2.31. The molecule has 4 rings (SSSR count). The van der Waals surface area contributed by atoms with Gasteiger partial charge in [0.05, 0.1) is 6.61 Å². The van der Waals surface area contributed by atoms with Crippen LogP contribution in [0, 0.1) is 6.92 Å². The van der Waals surface area contributed by atoms with Crippen LogP contribution in [0.4, 0.5) is 5.69 Å². The summed E-state index contributed by atoms with van der Waals surface area (Å²) >= 11 is 0. The number of ether oxygens (including phenoxy) is 1. The maximum absolute atomic E-state index is 11.5. The highest BCUT2D eigenvalue weighted by molar-refractivity contribution is 5.94. The van der Waals surface area contributed by atoms with E-state index in [4.69, 9.17) is 4.74 Å². The van der Waals surface area contributed by atoms with Gasteiger partial charge in [-0.25, -0.2) is 0 Å². The van der Waals surface area contributed by atoms with Crippen LogP contribution in [0.5, 0.6) is 5.75 Å². The number of carbonyl (C=O) groups excluding carboxylic acids is 1. The number of hydrogen-bond donors (Lipinski definition) is 1. The number of aryl methyl sites for hydroxylation is 2. The molecule has 4 heteroatoms. The largest absolute Gasteiger partial charge is 0.494 e. The summed E-state index contributed by atoms with van der Waals surface area (Å²) in [4.78, 5) is 14.1. The summed E-state index contributed by atoms with van der Waals surface area (Å²) in [7, 11) is 0. The zero-order valence-corrected chi connectivity index (χ0v) is 16.1. The number of amides is 1. The first-order valence-corrected chi connectivity index (χ1v) is 10.0. The fourth-order valence-electron chi connectivity index (χ4n) is 4.00. The lowest BCUT2D eigenvalue weighted by Gasteiger charge is -2.29. The molecule has 1 N–H and O–H groups in total. The van der Waals surface area contributed by atoms with Gasteiger partial charge >= 0.3 is 0 Å². The zero-order valence-electron chi connectivity index (χ0n) is 16.1. The molecule has 2 aromatic rings. The molecule has 0 aliphatic carbocycles. The third-order valence-corrected chi connectivity index (χ3v) is 5.57. The van der Waals surface area contributed by atoms with Gasteiger partial charge in [0, 0.05) is 31.3 Å². The van der Waals surface area contributed by atoms with Crippen molar-refractivity contribution in [2.24, 2.45) is 0 Å². The van der Waals surface area contributed by atoms with Crippen LogP contribution in [0.25, 0.3) is 0 Å². The SMILES string of the molecule is Cc1ccc2c(c1)CN(CCCCOc1ccc3c(c1)NC(=O)CC3)CC2. The number of unbranched alkanes of at least 4 members (excludes halogenated alkanes) is 1. The third-order valence-electron chi connectivity index (χ3n) is 5.57. The van der Waals surface area contributed by atoms with Gasteiger partial charge in [-0.2, -0.15) is 0 Å². The molecule has 0 aromatic heterocycles. The average molecular weight is 364 g/mol. The first-order chi connectivity index (χ1) is 13.2. The summed E-state index contributed by atoms with van der Waals surface area (Å²) in [5, 5.41) is 2.93. The summed E-state index contributed by atoms with van der Waals surface area (Å²) < 4.78 is 5.90. The van der Waals surface area contributed by atoms with Gasteiger partial charge in [-0.3, -0.25) is 9.69 Å². The van der Waals surface area contributed by atoms with Crippen LogP contribution in [0.15, 0.2) is 36.4 Å². The molecule has 27 heavy (non-hydrogen) atoms. The highest BCUT2D eigenvalue weighted by Crippen LogP contribution is 2.27. The molecule has 0 atom stereocenters. The molecule has 0 radical (unpaired) electrons. The lowest BCUT2D eigenvalue weighted by atomic mass is 9.97. The number of rotatable bonds is 6. The minimum Gasteiger partial charge on any atom is -0.494 e. The van der Waals surface area contributed by atoms with Crippen LogP contribution in [0.3, 0.4) is 0 Å². The van der Waals surface area contributed by atoms with E-state index in [2.05, 4.69) is 41.4 Å². The normalized spacial score (nSPS) is 16.4. The molecule has 2 aromatic carbocycles. The molecule has 2 aliphatic heterocycles. The molecule has 0 saturated heterocycles. The average Bonchev–Trinajstić information content (AvgIpc) is 2.67. The number of nitrogens with one attached hydrogen (secondary N) is 1. The molecule has 0 unspecified atom stereocenters. The molecule has 142 valence electrons. The van der Waals surface area contributed by atoms with E-state index in [-0.39, 0.29) is 5.91 Å². The Morgan fingerprint density at radius 3 is 2.81 bits per heavy atom. The van der Waals surface area contributed by atoms with Crippen LogP contribution in [0.2, 0.25) is 0 Å². The van der Waals surface area contributed by atoms with E-state index in [0.29, 0.717) is 6.42 Å². The van der Waals surface area contributed by atoms with E-state index < -0.39 is 0 Å². The first-order valence-electron chi connectivity index (χ1n) is 10.0. The number of anilines is 1.